The van der Waals surface area contributed by atoms with E-state index in [9.17, 15) is 9.59 Å². The van der Waals surface area contributed by atoms with Crippen molar-refractivity contribution in [2.45, 2.75) is 18.9 Å². The zero-order valence-corrected chi connectivity index (χ0v) is 16.6. The number of hydrogen-bond donors (Lipinski definition) is 0. The summed E-state index contributed by atoms with van der Waals surface area (Å²) in [5.74, 6) is -0.586. The standard InChI is InChI=1S/C26H20O4/c1-2-29-25(28)26(24(27)21-13-7-8-14-23(21)30-26)16-22-19-11-5-3-9-17(19)15-18-10-4-6-12-20(18)22/h3-15H,2,16H2,1H3. The molecule has 0 aromatic heterocycles. The molecular weight excluding hydrogens is 376 g/mol. The van der Waals surface area contributed by atoms with E-state index < -0.39 is 11.6 Å². The number of rotatable bonds is 4. The van der Waals surface area contributed by atoms with E-state index in [1.807, 2.05) is 48.5 Å². The van der Waals surface area contributed by atoms with Crippen LogP contribution in [-0.4, -0.2) is 24.0 Å². The van der Waals surface area contributed by atoms with Crippen LogP contribution in [0.15, 0.2) is 78.9 Å². The van der Waals surface area contributed by atoms with Crippen LogP contribution in [0.1, 0.15) is 22.8 Å². The van der Waals surface area contributed by atoms with Crippen LogP contribution in [0, 0.1) is 0 Å². The Labute approximate surface area is 174 Å². The van der Waals surface area contributed by atoms with Crippen LogP contribution >= 0.6 is 0 Å². The average molecular weight is 396 g/mol. The molecule has 30 heavy (non-hydrogen) atoms. The summed E-state index contributed by atoms with van der Waals surface area (Å²) in [7, 11) is 0. The number of hydrogen-bond acceptors (Lipinski definition) is 4. The summed E-state index contributed by atoms with van der Waals surface area (Å²) >= 11 is 0. The molecule has 0 N–H and O–H groups in total. The van der Waals surface area contributed by atoms with Gasteiger partial charge in [-0.05, 0) is 52.2 Å². The molecule has 4 aromatic rings. The molecular formula is C26H20O4. The third kappa shape index (κ3) is 2.68. The second-order valence-electron chi connectivity index (χ2n) is 7.45. The van der Waals surface area contributed by atoms with Gasteiger partial charge in [-0.3, -0.25) is 4.79 Å². The topological polar surface area (TPSA) is 52.6 Å². The quantitative estimate of drug-likeness (QED) is 0.273. The second-order valence-corrected chi connectivity index (χ2v) is 7.45. The smallest absolute Gasteiger partial charge is 0.359 e. The van der Waals surface area contributed by atoms with Gasteiger partial charge in [0.15, 0.2) is 0 Å². The molecule has 4 nitrogen and oxygen atoms in total. The number of esters is 1. The van der Waals surface area contributed by atoms with Crippen LogP contribution in [0.2, 0.25) is 0 Å². The van der Waals surface area contributed by atoms with Crippen molar-refractivity contribution in [3.63, 3.8) is 0 Å². The van der Waals surface area contributed by atoms with Crippen LogP contribution in [0.3, 0.4) is 0 Å². The van der Waals surface area contributed by atoms with Crippen LogP contribution in [-0.2, 0) is 16.0 Å². The van der Waals surface area contributed by atoms with Crippen molar-refractivity contribution in [3.05, 3.63) is 90.0 Å². The molecule has 0 saturated heterocycles. The molecule has 148 valence electrons. The highest BCUT2D eigenvalue weighted by Gasteiger charge is 2.55. The van der Waals surface area contributed by atoms with Gasteiger partial charge in [0.05, 0.1) is 12.2 Å². The summed E-state index contributed by atoms with van der Waals surface area (Å²) in [5, 5.41) is 4.08. The Morgan fingerprint density at radius 3 is 2.13 bits per heavy atom. The van der Waals surface area contributed by atoms with E-state index >= 15 is 0 Å². The Kier molecular flexibility index (Phi) is 4.28. The minimum atomic E-state index is -1.73. The third-order valence-corrected chi connectivity index (χ3v) is 5.70. The largest absolute Gasteiger partial charge is 0.466 e. The summed E-state index contributed by atoms with van der Waals surface area (Å²) in [6, 6.07) is 25.1. The second kappa shape index (κ2) is 6.99. The molecule has 0 fully saturated rings. The maximum Gasteiger partial charge on any atom is 0.359 e. The van der Waals surface area contributed by atoms with Gasteiger partial charge in [0.2, 0.25) is 5.78 Å². The first kappa shape index (κ1) is 18.4. The van der Waals surface area contributed by atoms with Crippen molar-refractivity contribution >= 4 is 33.3 Å². The normalized spacial score (nSPS) is 17.7. The van der Waals surface area contributed by atoms with Crippen LogP contribution in [0.4, 0.5) is 0 Å². The van der Waals surface area contributed by atoms with Crippen LogP contribution in [0.5, 0.6) is 5.75 Å². The number of benzene rings is 4. The highest BCUT2D eigenvalue weighted by molar-refractivity contribution is 6.20. The van der Waals surface area contributed by atoms with E-state index in [1.54, 1.807) is 31.2 Å². The first-order valence-corrected chi connectivity index (χ1v) is 10.0. The van der Waals surface area contributed by atoms with Gasteiger partial charge in [0, 0.05) is 6.42 Å². The summed E-state index contributed by atoms with van der Waals surface area (Å²) in [6.45, 7) is 1.90. The molecule has 0 spiro atoms. The van der Waals surface area contributed by atoms with Gasteiger partial charge < -0.3 is 9.47 Å². The molecule has 1 aliphatic rings. The van der Waals surface area contributed by atoms with E-state index in [-0.39, 0.29) is 18.8 Å². The van der Waals surface area contributed by atoms with E-state index in [1.165, 1.54) is 0 Å². The molecule has 4 aromatic carbocycles. The number of ether oxygens (including phenoxy) is 2. The number of carbonyl (C=O) groups excluding carboxylic acids is 2. The highest BCUT2D eigenvalue weighted by atomic mass is 16.6. The molecule has 0 aliphatic carbocycles. The minimum Gasteiger partial charge on any atom is -0.466 e. The van der Waals surface area contributed by atoms with E-state index in [2.05, 4.69) is 6.07 Å². The van der Waals surface area contributed by atoms with Crippen molar-refractivity contribution in [1.82, 2.24) is 0 Å². The molecule has 0 amide bonds. The SMILES string of the molecule is CCOC(=O)C1(Cc2c3ccccc3cc3ccccc23)Oc2ccccc2C1=O. The maximum absolute atomic E-state index is 13.5. The summed E-state index contributed by atoms with van der Waals surface area (Å²) in [6.07, 6.45) is 0.0984. The fourth-order valence-electron chi connectivity index (χ4n) is 4.31. The van der Waals surface area contributed by atoms with Crippen molar-refractivity contribution in [2.24, 2.45) is 0 Å². The van der Waals surface area contributed by atoms with Crippen molar-refractivity contribution in [1.29, 1.82) is 0 Å². The monoisotopic (exact) mass is 396 g/mol. The molecule has 0 bridgehead atoms. The molecule has 1 atom stereocenters. The van der Waals surface area contributed by atoms with Crippen molar-refractivity contribution in [3.8, 4) is 5.75 Å². The lowest BCUT2D eigenvalue weighted by atomic mass is 9.84. The number of para-hydroxylation sites is 1. The average Bonchev–Trinajstić information content (AvgIpc) is 3.06. The number of fused-ring (bicyclic) bond motifs is 3. The first-order chi connectivity index (χ1) is 14.6. The summed E-state index contributed by atoms with van der Waals surface area (Å²) < 4.78 is 11.4. The zero-order valence-electron chi connectivity index (χ0n) is 16.6. The van der Waals surface area contributed by atoms with Gasteiger partial charge in [-0.25, -0.2) is 4.79 Å². The molecule has 1 unspecified atom stereocenters. The zero-order chi connectivity index (χ0) is 20.7. The Balaban J connectivity index is 1.75. The van der Waals surface area contributed by atoms with Crippen LogP contribution in [0.25, 0.3) is 21.5 Å². The minimum absolute atomic E-state index is 0.0984. The lowest BCUT2D eigenvalue weighted by Crippen LogP contribution is -2.51. The Morgan fingerprint density at radius 2 is 1.50 bits per heavy atom. The number of Topliss-reactive ketones (excluding diaryl/α,β-unsaturated/α-hetero) is 1. The lowest BCUT2D eigenvalue weighted by Gasteiger charge is -2.26. The highest BCUT2D eigenvalue weighted by Crippen LogP contribution is 2.40. The summed E-state index contributed by atoms with van der Waals surface area (Å²) in [4.78, 5) is 26.6. The van der Waals surface area contributed by atoms with E-state index in [0.717, 1.165) is 27.1 Å². The van der Waals surface area contributed by atoms with Crippen molar-refractivity contribution < 1.29 is 19.1 Å². The van der Waals surface area contributed by atoms with E-state index in [4.69, 9.17) is 9.47 Å². The molecule has 0 saturated carbocycles. The van der Waals surface area contributed by atoms with Gasteiger partial charge in [0.1, 0.15) is 5.75 Å². The molecule has 1 aliphatic heterocycles. The maximum atomic E-state index is 13.5. The predicted octanol–water partition coefficient (Wildman–Crippen LogP) is 5.11. The third-order valence-electron chi connectivity index (χ3n) is 5.70. The van der Waals surface area contributed by atoms with Gasteiger partial charge in [-0.1, -0.05) is 60.7 Å². The lowest BCUT2D eigenvalue weighted by molar-refractivity contribution is -0.156. The fourth-order valence-corrected chi connectivity index (χ4v) is 4.31. The van der Waals surface area contributed by atoms with Crippen molar-refractivity contribution in [2.75, 3.05) is 6.61 Å². The molecule has 5 rings (SSSR count). The predicted molar refractivity (Wildman–Crippen MR) is 116 cm³/mol. The molecule has 1 heterocycles. The van der Waals surface area contributed by atoms with Crippen LogP contribution < -0.4 is 4.74 Å². The van der Waals surface area contributed by atoms with Gasteiger partial charge in [-0.2, -0.15) is 0 Å². The van der Waals surface area contributed by atoms with Gasteiger partial charge in [-0.15, -0.1) is 0 Å². The Bertz CT molecular complexity index is 1250. The Morgan fingerprint density at radius 1 is 0.900 bits per heavy atom. The Hall–Kier alpha value is -3.66. The first-order valence-electron chi connectivity index (χ1n) is 10.0. The van der Waals surface area contributed by atoms with E-state index in [0.29, 0.717) is 11.3 Å². The summed E-state index contributed by atoms with van der Waals surface area (Å²) in [5.41, 5.74) is -0.417. The molecule has 4 heteroatoms. The fraction of sp³-hybridized carbons (Fsp3) is 0.154. The van der Waals surface area contributed by atoms with Gasteiger partial charge in [0.25, 0.3) is 5.60 Å². The number of ketones is 1. The number of carbonyl (C=O) groups is 2. The molecule has 0 radical (unpaired) electrons. The van der Waals surface area contributed by atoms with Gasteiger partial charge >= 0.3 is 5.97 Å².